The number of rotatable bonds is 5. The molecule has 0 radical (unpaired) electrons. The van der Waals surface area contributed by atoms with Crippen molar-refractivity contribution < 1.29 is 4.79 Å². The van der Waals surface area contributed by atoms with Gasteiger partial charge in [0.25, 0.3) is 5.91 Å². The van der Waals surface area contributed by atoms with Gasteiger partial charge >= 0.3 is 0 Å². The van der Waals surface area contributed by atoms with Gasteiger partial charge in [0.15, 0.2) is 0 Å². The Kier molecular flexibility index (Phi) is 5.37. The fourth-order valence-electron chi connectivity index (χ4n) is 2.75. The second-order valence-corrected chi connectivity index (χ2v) is 5.81. The Morgan fingerprint density at radius 3 is 2.36 bits per heavy atom. The van der Waals surface area contributed by atoms with Crippen molar-refractivity contribution in [2.24, 2.45) is 0 Å². The molecule has 0 bridgehead atoms. The molecule has 2 rings (SSSR count). The van der Waals surface area contributed by atoms with E-state index < -0.39 is 0 Å². The minimum absolute atomic E-state index is 0.00135. The Hall–Kier alpha value is -2.09. The molecule has 0 aliphatic heterocycles. The Balaban J connectivity index is 2.13. The van der Waals surface area contributed by atoms with Gasteiger partial charge in [-0.2, -0.15) is 0 Å². The van der Waals surface area contributed by atoms with Crippen LogP contribution in [0.5, 0.6) is 0 Å². The maximum absolute atomic E-state index is 12.4. The zero-order valence-electron chi connectivity index (χ0n) is 14.0. The van der Waals surface area contributed by atoms with Crippen LogP contribution in [0.3, 0.4) is 0 Å². The largest absolute Gasteiger partial charge is 0.348 e. The maximum Gasteiger partial charge on any atom is 0.251 e. The van der Waals surface area contributed by atoms with Gasteiger partial charge in [0.1, 0.15) is 0 Å². The molecule has 1 N–H and O–H groups in total. The molecule has 0 aliphatic carbocycles. The predicted molar refractivity (Wildman–Crippen MR) is 92.3 cm³/mol. The number of hydrogen-bond donors (Lipinski definition) is 1. The first kappa shape index (κ1) is 16.3. The monoisotopic (exact) mass is 295 g/mol. The molecular formula is C20H25NO. The van der Waals surface area contributed by atoms with Crippen LogP contribution in [0.1, 0.15) is 52.0 Å². The Morgan fingerprint density at radius 2 is 1.73 bits per heavy atom. The van der Waals surface area contributed by atoms with Crippen LogP contribution < -0.4 is 5.32 Å². The molecule has 0 aliphatic rings. The van der Waals surface area contributed by atoms with Crippen LogP contribution in [0.25, 0.3) is 0 Å². The van der Waals surface area contributed by atoms with E-state index >= 15 is 0 Å². The average molecular weight is 295 g/mol. The van der Waals surface area contributed by atoms with Gasteiger partial charge in [-0.05, 0) is 55.0 Å². The quantitative estimate of drug-likeness (QED) is 0.872. The third kappa shape index (κ3) is 3.76. The standard InChI is InChI=1S/C20H25NO/c1-5-16-8-9-17(6-2)18(12-16)13-21-20(22)19-10-7-14(3)11-15(19)4/h7-12H,5-6,13H2,1-4H3,(H,21,22). The van der Waals surface area contributed by atoms with Gasteiger partial charge in [-0.1, -0.05) is 49.7 Å². The van der Waals surface area contributed by atoms with E-state index in [9.17, 15) is 4.79 Å². The summed E-state index contributed by atoms with van der Waals surface area (Å²) in [5.74, 6) is 0.00135. The summed E-state index contributed by atoms with van der Waals surface area (Å²) < 4.78 is 0. The van der Waals surface area contributed by atoms with E-state index in [-0.39, 0.29) is 5.91 Å². The summed E-state index contributed by atoms with van der Waals surface area (Å²) in [5, 5.41) is 3.06. The molecule has 0 aromatic heterocycles. The van der Waals surface area contributed by atoms with Crippen molar-refractivity contribution in [2.45, 2.75) is 47.1 Å². The van der Waals surface area contributed by atoms with E-state index in [1.54, 1.807) is 0 Å². The third-order valence-electron chi connectivity index (χ3n) is 4.13. The van der Waals surface area contributed by atoms with Crippen LogP contribution in [0, 0.1) is 13.8 Å². The van der Waals surface area contributed by atoms with Crippen LogP contribution in [0.15, 0.2) is 36.4 Å². The molecule has 2 heteroatoms. The molecule has 0 unspecified atom stereocenters. The molecule has 0 fully saturated rings. The number of carbonyl (C=O) groups is 1. The Bertz CT molecular complexity index is 673. The van der Waals surface area contributed by atoms with Gasteiger partial charge in [-0.25, -0.2) is 0 Å². The Labute approximate surface area is 133 Å². The molecule has 116 valence electrons. The SMILES string of the molecule is CCc1ccc(CC)c(CNC(=O)c2ccc(C)cc2C)c1. The number of benzene rings is 2. The van der Waals surface area contributed by atoms with E-state index in [0.29, 0.717) is 6.54 Å². The van der Waals surface area contributed by atoms with Crippen molar-refractivity contribution in [1.29, 1.82) is 0 Å². The first-order valence-corrected chi connectivity index (χ1v) is 8.01. The number of carbonyl (C=O) groups excluding carboxylic acids is 1. The number of aryl methyl sites for hydroxylation is 4. The zero-order valence-corrected chi connectivity index (χ0v) is 14.0. The van der Waals surface area contributed by atoms with Crippen molar-refractivity contribution in [3.8, 4) is 0 Å². The minimum Gasteiger partial charge on any atom is -0.348 e. The van der Waals surface area contributed by atoms with Crippen molar-refractivity contribution in [3.63, 3.8) is 0 Å². The van der Waals surface area contributed by atoms with Crippen LogP contribution in [-0.4, -0.2) is 5.91 Å². The van der Waals surface area contributed by atoms with Gasteiger partial charge in [-0.3, -0.25) is 4.79 Å². The smallest absolute Gasteiger partial charge is 0.251 e. The lowest BCUT2D eigenvalue weighted by Gasteiger charge is -2.12. The summed E-state index contributed by atoms with van der Waals surface area (Å²) in [4.78, 5) is 12.4. The normalized spacial score (nSPS) is 10.5. The maximum atomic E-state index is 12.4. The fourth-order valence-corrected chi connectivity index (χ4v) is 2.75. The summed E-state index contributed by atoms with van der Waals surface area (Å²) in [5.41, 5.74) is 6.80. The molecule has 22 heavy (non-hydrogen) atoms. The molecule has 2 aromatic carbocycles. The summed E-state index contributed by atoms with van der Waals surface area (Å²) in [6.45, 7) is 8.91. The molecule has 0 heterocycles. The van der Waals surface area contributed by atoms with Gasteiger partial charge < -0.3 is 5.32 Å². The molecule has 2 nitrogen and oxygen atoms in total. The molecular weight excluding hydrogens is 270 g/mol. The average Bonchev–Trinajstić information content (AvgIpc) is 2.52. The molecule has 0 saturated heterocycles. The topological polar surface area (TPSA) is 29.1 Å². The second kappa shape index (κ2) is 7.26. The molecule has 1 amide bonds. The summed E-state index contributed by atoms with van der Waals surface area (Å²) in [7, 11) is 0. The lowest BCUT2D eigenvalue weighted by molar-refractivity contribution is 0.0950. The zero-order chi connectivity index (χ0) is 16.1. The second-order valence-electron chi connectivity index (χ2n) is 5.81. The first-order chi connectivity index (χ1) is 10.5. The molecule has 0 spiro atoms. The van der Waals surface area contributed by atoms with E-state index in [0.717, 1.165) is 24.0 Å². The molecule has 0 saturated carbocycles. The van der Waals surface area contributed by atoms with Crippen molar-refractivity contribution in [3.05, 3.63) is 69.8 Å². The lowest BCUT2D eigenvalue weighted by Crippen LogP contribution is -2.24. The van der Waals surface area contributed by atoms with Crippen molar-refractivity contribution in [1.82, 2.24) is 5.32 Å². The Morgan fingerprint density at radius 1 is 0.955 bits per heavy atom. The van der Waals surface area contributed by atoms with Crippen LogP contribution in [-0.2, 0) is 19.4 Å². The summed E-state index contributed by atoms with van der Waals surface area (Å²) in [6, 6.07) is 12.5. The minimum atomic E-state index is 0.00135. The fraction of sp³-hybridized carbons (Fsp3) is 0.350. The lowest BCUT2D eigenvalue weighted by atomic mass is 10.0. The van der Waals surface area contributed by atoms with Crippen LogP contribution in [0.2, 0.25) is 0 Å². The third-order valence-corrected chi connectivity index (χ3v) is 4.13. The van der Waals surface area contributed by atoms with Crippen molar-refractivity contribution >= 4 is 5.91 Å². The van der Waals surface area contributed by atoms with E-state index in [1.165, 1.54) is 22.3 Å². The highest BCUT2D eigenvalue weighted by atomic mass is 16.1. The van der Waals surface area contributed by atoms with Gasteiger partial charge in [0.2, 0.25) is 0 Å². The molecule has 2 aromatic rings. The van der Waals surface area contributed by atoms with Gasteiger partial charge in [0, 0.05) is 12.1 Å². The van der Waals surface area contributed by atoms with E-state index in [2.05, 4.69) is 37.4 Å². The van der Waals surface area contributed by atoms with E-state index in [1.807, 2.05) is 32.0 Å². The van der Waals surface area contributed by atoms with Crippen LogP contribution in [0.4, 0.5) is 0 Å². The van der Waals surface area contributed by atoms with Gasteiger partial charge in [0.05, 0.1) is 0 Å². The van der Waals surface area contributed by atoms with Crippen molar-refractivity contribution in [2.75, 3.05) is 0 Å². The first-order valence-electron chi connectivity index (χ1n) is 8.01. The summed E-state index contributed by atoms with van der Waals surface area (Å²) >= 11 is 0. The highest BCUT2D eigenvalue weighted by Crippen LogP contribution is 2.15. The van der Waals surface area contributed by atoms with Gasteiger partial charge in [-0.15, -0.1) is 0 Å². The summed E-state index contributed by atoms with van der Waals surface area (Å²) in [6.07, 6.45) is 2.00. The van der Waals surface area contributed by atoms with Crippen LogP contribution >= 0.6 is 0 Å². The predicted octanol–water partition coefficient (Wildman–Crippen LogP) is 4.36. The highest BCUT2D eigenvalue weighted by Gasteiger charge is 2.10. The number of nitrogens with one attached hydrogen (secondary N) is 1. The number of hydrogen-bond acceptors (Lipinski definition) is 1. The number of amides is 1. The molecule has 0 atom stereocenters. The highest BCUT2D eigenvalue weighted by molar-refractivity contribution is 5.95. The van der Waals surface area contributed by atoms with E-state index in [4.69, 9.17) is 0 Å².